The lowest BCUT2D eigenvalue weighted by Gasteiger charge is -2.30. The number of hydrogen-bond acceptors (Lipinski definition) is 2. The predicted molar refractivity (Wildman–Crippen MR) is 96.4 cm³/mol. The topological polar surface area (TPSA) is 38.0 Å². The van der Waals surface area contributed by atoms with Gasteiger partial charge in [0.25, 0.3) is 0 Å². The van der Waals surface area contributed by atoms with Crippen molar-refractivity contribution in [2.24, 2.45) is 5.84 Å². The van der Waals surface area contributed by atoms with Gasteiger partial charge in [-0.1, -0.05) is 48.4 Å². The maximum Gasteiger partial charge on any atom is 0.0713 e. The number of halogens is 2. The highest BCUT2D eigenvalue weighted by Gasteiger charge is 2.25. The molecule has 4 heteroatoms. The van der Waals surface area contributed by atoms with Gasteiger partial charge in [-0.25, -0.2) is 5.43 Å². The van der Waals surface area contributed by atoms with Gasteiger partial charge in [-0.15, -0.1) is 0 Å². The Labute approximate surface area is 144 Å². The molecule has 0 spiro atoms. The fraction of sp³-hybridized carbons (Fsp3) is 0.294. The summed E-state index contributed by atoms with van der Waals surface area (Å²) in [6.07, 6.45) is 3.89. The SMILES string of the molecule is NNC(c1ccc(I)c(Cl)c1)c1ccccc1C1CCC1. The second-order valence-electron chi connectivity index (χ2n) is 5.53. The molecule has 1 fully saturated rings. The van der Waals surface area contributed by atoms with Crippen LogP contribution in [0.4, 0.5) is 0 Å². The van der Waals surface area contributed by atoms with Crippen LogP contribution in [0.25, 0.3) is 0 Å². The first-order valence-corrected chi connectivity index (χ1v) is 8.66. The molecule has 1 aliphatic rings. The fourth-order valence-electron chi connectivity index (χ4n) is 2.92. The summed E-state index contributed by atoms with van der Waals surface area (Å²) in [5.41, 5.74) is 6.75. The van der Waals surface area contributed by atoms with Gasteiger partial charge in [-0.2, -0.15) is 0 Å². The number of rotatable bonds is 4. The molecule has 1 aliphatic carbocycles. The second-order valence-corrected chi connectivity index (χ2v) is 7.10. The standard InChI is InChI=1S/C17H18ClIN2/c18-15-10-12(8-9-16(15)19)17(21-20)14-7-2-1-6-13(14)11-4-3-5-11/h1-2,6-11,17,21H,3-5,20H2. The zero-order chi connectivity index (χ0) is 14.8. The van der Waals surface area contributed by atoms with Crippen molar-refractivity contribution in [1.82, 2.24) is 5.43 Å². The molecule has 1 atom stereocenters. The van der Waals surface area contributed by atoms with Crippen molar-refractivity contribution in [2.75, 3.05) is 0 Å². The summed E-state index contributed by atoms with van der Waals surface area (Å²) in [5, 5.41) is 0.773. The molecule has 0 saturated heterocycles. The summed E-state index contributed by atoms with van der Waals surface area (Å²) < 4.78 is 1.06. The van der Waals surface area contributed by atoms with E-state index in [1.165, 1.54) is 30.4 Å². The third-order valence-corrected chi connectivity index (χ3v) is 5.87. The number of benzene rings is 2. The first-order chi connectivity index (χ1) is 10.2. The molecule has 2 aromatic rings. The summed E-state index contributed by atoms with van der Waals surface area (Å²) in [7, 11) is 0. The van der Waals surface area contributed by atoms with Gasteiger partial charge in [-0.05, 0) is 70.2 Å². The Kier molecular flexibility index (Phi) is 4.84. The van der Waals surface area contributed by atoms with Crippen LogP contribution < -0.4 is 11.3 Å². The van der Waals surface area contributed by atoms with Crippen LogP contribution in [0.5, 0.6) is 0 Å². The highest BCUT2D eigenvalue weighted by molar-refractivity contribution is 14.1. The third-order valence-electron chi connectivity index (χ3n) is 4.30. The monoisotopic (exact) mass is 412 g/mol. The summed E-state index contributed by atoms with van der Waals surface area (Å²) >= 11 is 8.51. The van der Waals surface area contributed by atoms with Gasteiger partial charge >= 0.3 is 0 Å². The maximum atomic E-state index is 6.27. The van der Waals surface area contributed by atoms with E-state index in [0.717, 1.165) is 14.2 Å². The van der Waals surface area contributed by atoms with Crippen LogP contribution in [-0.4, -0.2) is 0 Å². The van der Waals surface area contributed by atoms with Crippen molar-refractivity contribution < 1.29 is 0 Å². The van der Waals surface area contributed by atoms with E-state index in [1.807, 2.05) is 12.1 Å². The summed E-state index contributed by atoms with van der Waals surface area (Å²) in [6, 6.07) is 14.7. The van der Waals surface area contributed by atoms with Crippen LogP contribution in [0, 0.1) is 3.57 Å². The largest absolute Gasteiger partial charge is 0.271 e. The summed E-state index contributed by atoms with van der Waals surface area (Å²) in [6.45, 7) is 0. The van der Waals surface area contributed by atoms with Crippen LogP contribution in [-0.2, 0) is 0 Å². The van der Waals surface area contributed by atoms with Gasteiger partial charge in [0.2, 0.25) is 0 Å². The summed E-state index contributed by atoms with van der Waals surface area (Å²) in [5.74, 6) is 6.54. The van der Waals surface area contributed by atoms with Gasteiger partial charge in [0.15, 0.2) is 0 Å². The Morgan fingerprint density at radius 3 is 2.57 bits per heavy atom. The first-order valence-electron chi connectivity index (χ1n) is 7.20. The van der Waals surface area contributed by atoms with E-state index in [2.05, 4.69) is 58.3 Å². The van der Waals surface area contributed by atoms with E-state index >= 15 is 0 Å². The van der Waals surface area contributed by atoms with Crippen LogP contribution in [0.2, 0.25) is 5.02 Å². The maximum absolute atomic E-state index is 6.27. The molecule has 110 valence electrons. The molecule has 0 heterocycles. The Bertz CT molecular complexity index is 640. The van der Waals surface area contributed by atoms with E-state index in [0.29, 0.717) is 5.92 Å². The van der Waals surface area contributed by atoms with Crippen molar-refractivity contribution >= 4 is 34.2 Å². The van der Waals surface area contributed by atoms with Crippen molar-refractivity contribution in [3.05, 3.63) is 67.7 Å². The van der Waals surface area contributed by atoms with Gasteiger partial charge < -0.3 is 0 Å². The van der Waals surface area contributed by atoms with Crippen LogP contribution in [0.1, 0.15) is 47.9 Å². The Morgan fingerprint density at radius 2 is 1.95 bits per heavy atom. The van der Waals surface area contributed by atoms with E-state index in [-0.39, 0.29) is 6.04 Å². The zero-order valence-corrected chi connectivity index (χ0v) is 14.6. The Balaban J connectivity index is 2.01. The molecular formula is C17H18ClIN2. The van der Waals surface area contributed by atoms with E-state index in [1.54, 1.807) is 0 Å². The number of hydrazine groups is 1. The van der Waals surface area contributed by atoms with Crippen molar-refractivity contribution in [2.45, 2.75) is 31.2 Å². The zero-order valence-electron chi connectivity index (χ0n) is 11.7. The molecule has 0 aromatic heterocycles. The molecular weight excluding hydrogens is 395 g/mol. The molecule has 21 heavy (non-hydrogen) atoms. The van der Waals surface area contributed by atoms with E-state index in [9.17, 15) is 0 Å². The second kappa shape index (κ2) is 6.65. The highest BCUT2D eigenvalue weighted by atomic mass is 127. The summed E-state index contributed by atoms with van der Waals surface area (Å²) in [4.78, 5) is 0. The molecule has 2 nitrogen and oxygen atoms in total. The molecule has 2 aromatic carbocycles. The molecule has 0 amide bonds. The average molecular weight is 413 g/mol. The molecule has 0 aliphatic heterocycles. The fourth-order valence-corrected chi connectivity index (χ4v) is 3.45. The minimum absolute atomic E-state index is 0.0173. The van der Waals surface area contributed by atoms with E-state index < -0.39 is 0 Å². The predicted octanol–water partition coefficient (Wildman–Crippen LogP) is 4.76. The molecule has 0 bridgehead atoms. The smallest absolute Gasteiger partial charge is 0.0713 e. The molecule has 1 saturated carbocycles. The molecule has 3 rings (SSSR count). The number of hydrogen-bond donors (Lipinski definition) is 2. The minimum atomic E-state index is -0.0173. The van der Waals surface area contributed by atoms with Gasteiger partial charge in [-0.3, -0.25) is 5.84 Å². The van der Waals surface area contributed by atoms with Crippen LogP contribution in [0.3, 0.4) is 0 Å². The lowest BCUT2D eigenvalue weighted by molar-refractivity contribution is 0.414. The molecule has 0 radical (unpaired) electrons. The normalized spacial score (nSPS) is 16.5. The van der Waals surface area contributed by atoms with Gasteiger partial charge in [0.1, 0.15) is 0 Å². The molecule has 3 N–H and O–H groups in total. The lowest BCUT2D eigenvalue weighted by atomic mass is 9.76. The minimum Gasteiger partial charge on any atom is -0.271 e. The quantitative estimate of drug-likeness (QED) is 0.431. The molecule has 1 unspecified atom stereocenters. The Morgan fingerprint density at radius 1 is 1.19 bits per heavy atom. The Hall–Kier alpha value is -0.620. The van der Waals surface area contributed by atoms with Crippen molar-refractivity contribution in [3.8, 4) is 0 Å². The first kappa shape index (κ1) is 15.3. The van der Waals surface area contributed by atoms with Crippen LogP contribution in [0.15, 0.2) is 42.5 Å². The average Bonchev–Trinajstić information content (AvgIpc) is 2.43. The van der Waals surface area contributed by atoms with Gasteiger partial charge in [0, 0.05) is 3.57 Å². The lowest BCUT2D eigenvalue weighted by Crippen LogP contribution is -2.30. The van der Waals surface area contributed by atoms with Crippen LogP contribution >= 0.6 is 34.2 Å². The number of nitrogens with two attached hydrogens (primary N) is 1. The van der Waals surface area contributed by atoms with Crippen molar-refractivity contribution in [1.29, 1.82) is 0 Å². The number of nitrogens with one attached hydrogen (secondary N) is 1. The third kappa shape index (κ3) is 3.11. The van der Waals surface area contributed by atoms with Gasteiger partial charge in [0.05, 0.1) is 11.1 Å². The van der Waals surface area contributed by atoms with Crippen molar-refractivity contribution in [3.63, 3.8) is 0 Å². The highest BCUT2D eigenvalue weighted by Crippen LogP contribution is 2.40. The van der Waals surface area contributed by atoms with E-state index in [4.69, 9.17) is 17.4 Å².